The summed E-state index contributed by atoms with van der Waals surface area (Å²) in [5.41, 5.74) is 1.45. The first-order valence-electron chi connectivity index (χ1n) is 5.27. The van der Waals surface area contributed by atoms with Gasteiger partial charge in [0.2, 0.25) is 0 Å². The van der Waals surface area contributed by atoms with E-state index in [1.165, 1.54) is 53.4 Å². The van der Waals surface area contributed by atoms with Crippen LogP contribution in [-0.2, 0) is 6.42 Å². The van der Waals surface area contributed by atoms with Crippen LogP contribution in [0.1, 0.15) is 38.2 Å². The van der Waals surface area contributed by atoms with E-state index in [2.05, 4.69) is 42.9 Å². The second-order valence-electron chi connectivity index (χ2n) is 3.55. The minimum Gasteiger partial charge on any atom is -0.106 e. The Kier molecular flexibility index (Phi) is 6.20. The highest BCUT2D eigenvalue weighted by Gasteiger charge is 1.94. The van der Waals surface area contributed by atoms with Crippen molar-refractivity contribution in [1.29, 1.82) is 0 Å². The third-order valence-electron chi connectivity index (χ3n) is 2.35. The van der Waals surface area contributed by atoms with Crippen molar-refractivity contribution in [2.45, 2.75) is 43.9 Å². The number of benzene rings is 1. The van der Waals surface area contributed by atoms with Gasteiger partial charge in [-0.1, -0.05) is 49.1 Å². The Bertz CT molecular complexity index is 241. The molecular weight excluding hydrogens is 208 g/mol. The van der Waals surface area contributed by atoms with Gasteiger partial charge in [0.05, 0.1) is 0 Å². The van der Waals surface area contributed by atoms with Crippen molar-refractivity contribution in [2.75, 3.05) is 0 Å². The lowest BCUT2D eigenvalue weighted by Gasteiger charge is -2.01. The SMILES string of the molecule is CCCCCCc1ccc(SS)cc1. The number of rotatable bonds is 6. The van der Waals surface area contributed by atoms with Crippen LogP contribution in [-0.4, -0.2) is 0 Å². The molecule has 0 heterocycles. The van der Waals surface area contributed by atoms with Gasteiger partial charge in [-0.05, 0) is 30.5 Å². The smallest absolute Gasteiger partial charge is 0.0180 e. The van der Waals surface area contributed by atoms with Gasteiger partial charge in [0.15, 0.2) is 0 Å². The molecule has 0 aliphatic carbocycles. The first-order chi connectivity index (χ1) is 6.86. The van der Waals surface area contributed by atoms with E-state index >= 15 is 0 Å². The highest BCUT2D eigenvalue weighted by atomic mass is 33.1. The largest absolute Gasteiger partial charge is 0.106 e. The summed E-state index contributed by atoms with van der Waals surface area (Å²) in [6.07, 6.45) is 6.58. The van der Waals surface area contributed by atoms with Gasteiger partial charge >= 0.3 is 0 Å². The highest BCUT2D eigenvalue weighted by molar-refractivity contribution is 8.68. The minimum atomic E-state index is 1.22. The Balaban J connectivity index is 2.29. The summed E-state index contributed by atoms with van der Waals surface area (Å²) >= 11 is 4.16. The topological polar surface area (TPSA) is 0 Å². The zero-order valence-electron chi connectivity index (χ0n) is 8.70. The Morgan fingerprint density at radius 2 is 1.79 bits per heavy atom. The van der Waals surface area contributed by atoms with E-state index in [4.69, 9.17) is 0 Å². The zero-order chi connectivity index (χ0) is 10.2. The first-order valence-corrected chi connectivity index (χ1v) is 7.14. The second kappa shape index (κ2) is 7.24. The fraction of sp³-hybridized carbons (Fsp3) is 0.500. The van der Waals surface area contributed by atoms with E-state index in [1.807, 2.05) is 0 Å². The van der Waals surface area contributed by atoms with Crippen LogP contribution >= 0.6 is 22.5 Å². The summed E-state index contributed by atoms with van der Waals surface area (Å²) in [6, 6.07) is 8.72. The predicted octanol–water partition coefficient (Wildman–Crippen LogP) is 4.75. The highest BCUT2D eigenvalue weighted by Crippen LogP contribution is 2.21. The molecule has 78 valence electrons. The Hall–Kier alpha value is -0.0800. The van der Waals surface area contributed by atoms with Crippen LogP contribution in [0.5, 0.6) is 0 Å². The van der Waals surface area contributed by atoms with E-state index in [9.17, 15) is 0 Å². The summed E-state index contributed by atoms with van der Waals surface area (Å²) in [7, 11) is 1.50. The van der Waals surface area contributed by atoms with Crippen molar-refractivity contribution in [3.63, 3.8) is 0 Å². The van der Waals surface area contributed by atoms with Crippen LogP contribution in [0.4, 0.5) is 0 Å². The van der Waals surface area contributed by atoms with Crippen molar-refractivity contribution in [1.82, 2.24) is 0 Å². The van der Waals surface area contributed by atoms with Crippen molar-refractivity contribution in [3.8, 4) is 0 Å². The molecule has 1 rings (SSSR count). The average molecular weight is 226 g/mol. The van der Waals surface area contributed by atoms with Gasteiger partial charge < -0.3 is 0 Å². The predicted molar refractivity (Wildman–Crippen MR) is 69.1 cm³/mol. The molecule has 0 amide bonds. The van der Waals surface area contributed by atoms with Crippen LogP contribution in [0.15, 0.2) is 29.2 Å². The molecule has 1 aromatic carbocycles. The normalized spacial score (nSPS) is 10.4. The van der Waals surface area contributed by atoms with E-state index in [1.54, 1.807) is 0 Å². The number of hydrogen-bond acceptors (Lipinski definition) is 2. The fourth-order valence-electron chi connectivity index (χ4n) is 1.47. The molecule has 2 heteroatoms. The fourth-order valence-corrected chi connectivity index (χ4v) is 2.10. The molecule has 0 aromatic heterocycles. The molecule has 0 saturated carbocycles. The molecular formula is C12H18S2. The molecule has 14 heavy (non-hydrogen) atoms. The van der Waals surface area contributed by atoms with Gasteiger partial charge in [-0.2, -0.15) is 0 Å². The monoisotopic (exact) mass is 226 g/mol. The van der Waals surface area contributed by atoms with E-state index in [0.29, 0.717) is 0 Å². The number of unbranched alkanes of at least 4 members (excludes halogenated alkanes) is 3. The first kappa shape index (κ1) is 12.0. The van der Waals surface area contributed by atoms with Gasteiger partial charge in [0.25, 0.3) is 0 Å². The van der Waals surface area contributed by atoms with Gasteiger partial charge in [0.1, 0.15) is 0 Å². The third kappa shape index (κ3) is 4.43. The van der Waals surface area contributed by atoms with Crippen LogP contribution < -0.4 is 0 Å². The summed E-state index contributed by atoms with van der Waals surface area (Å²) in [5, 5.41) is 0. The lowest BCUT2D eigenvalue weighted by molar-refractivity contribution is 0.667. The molecule has 0 N–H and O–H groups in total. The maximum Gasteiger partial charge on any atom is 0.0180 e. The standard InChI is InChI=1S/C12H18S2/c1-2-3-4-5-6-11-7-9-12(14-13)10-8-11/h7-10,13H,2-6H2,1H3. The molecule has 0 atom stereocenters. The summed E-state index contributed by atoms with van der Waals surface area (Å²) < 4.78 is 0. The number of aryl methyl sites for hydroxylation is 1. The van der Waals surface area contributed by atoms with E-state index in [-0.39, 0.29) is 0 Å². The van der Waals surface area contributed by atoms with Crippen molar-refractivity contribution in [3.05, 3.63) is 29.8 Å². The Morgan fingerprint density at radius 1 is 1.07 bits per heavy atom. The lowest BCUT2D eigenvalue weighted by atomic mass is 10.1. The minimum absolute atomic E-state index is 1.22. The molecule has 0 saturated heterocycles. The number of hydrogen-bond donors (Lipinski definition) is 1. The van der Waals surface area contributed by atoms with Crippen molar-refractivity contribution >= 4 is 22.5 Å². The molecule has 1 aromatic rings. The molecule has 0 aliphatic rings. The summed E-state index contributed by atoms with van der Waals surface area (Å²) in [5.74, 6) is 0. The van der Waals surface area contributed by atoms with E-state index < -0.39 is 0 Å². The van der Waals surface area contributed by atoms with Crippen LogP contribution in [0.3, 0.4) is 0 Å². The van der Waals surface area contributed by atoms with Crippen molar-refractivity contribution < 1.29 is 0 Å². The van der Waals surface area contributed by atoms with Gasteiger partial charge in [0, 0.05) is 4.90 Å². The number of thiol groups is 1. The average Bonchev–Trinajstić information content (AvgIpc) is 2.25. The van der Waals surface area contributed by atoms with Crippen LogP contribution in [0, 0.1) is 0 Å². The molecule has 0 unspecified atom stereocenters. The Labute approximate surface area is 96.3 Å². The van der Waals surface area contributed by atoms with Gasteiger partial charge in [-0.3, -0.25) is 0 Å². The van der Waals surface area contributed by atoms with Gasteiger partial charge in [-0.15, -0.1) is 11.7 Å². The molecule has 0 bridgehead atoms. The quantitative estimate of drug-likeness (QED) is 0.415. The lowest BCUT2D eigenvalue weighted by Crippen LogP contribution is -1.85. The Morgan fingerprint density at radius 3 is 2.36 bits per heavy atom. The third-order valence-corrected chi connectivity index (χ3v) is 3.46. The van der Waals surface area contributed by atoms with E-state index in [0.717, 1.165) is 0 Å². The van der Waals surface area contributed by atoms with Crippen LogP contribution in [0.2, 0.25) is 0 Å². The molecule has 0 nitrogen and oxygen atoms in total. The summed E-state index contributed by atoms with van der Waals surface area (Å²) in [6.45, 7) is 2.25. The molecule has 0 spiro atoms. The van der Waals surface area contributed by atoms with Gasteiger partial charge in [-0.25, -0.2) is 0 Å². The second-order valence-corrected chi connectivity index (χ2v) is 4.75. The molecule has 0 aliphatic heterocycles. The molecule has 0 fully saturated rings. The zero-order valence-corrected chi connectivity index (χ0v) is 10.4. The van der Waals surface area contributed by atoms with Crippen LogP contribution in [0.25, 0.3) is 0 Å². The maximum atomic E-state index is 4.16. The summed E-state index contributed by atoms with van der Waals surface area (Å²) in [4.78, 5) is 1.23. The maximum absolute atomic E-state index is 4.16. The molecule has 0 radical (unpaired) electrons. The van der Waals surface area contributed by atoms with Crippen molar-refractivity contribution in [2.24, 2.45) is 0 Å².